The Labute approximate surface area is 106 Å². The normalized spacial score (nSPS) is 10.4. The van der Waals surface area contributed by atoms with Crippen molar-refractivity contribution in [2.45, 2.75) is 20.3 Å². The summed E-state index contributed by atoms with van der Waals surface area (Å²) in [4.78, 5) is 11.8. The van der Waals surface area contributed by atoms with Gasteiger partial charge in [0.2, 0.25) is 0 Å². The number of hydrogen-bond acceptors (Lipinski definition) is 3. The van der Waals surface area contributed by atoms with Crippen LogP contribution >= 0.6 is 0 Å². The van der Waals surface area contributed by atoms with Gasteiger partial charge in [-0.2, -0.15) is 0 Å². The molecule has 0 N–H and O–H groups in total. The lowest BCUT2D eigenvalue weighted by Gasteiger charge is -2.03. The van der Waals surface area contributed by atoms with Gasteiger partial charge in [0.15, 0.2) is 0 Å². The molecule has 94 valence electrons. The highest BCUT2D eigenvalue weighted by molar-refractivity contribution is 5.78. The number of rotatable bonds is 3. The predicted molar refractivity (Wildman–Crippen MR) is 72.2 cm³/mol. The van der Waals surface area contributed by atoms with E-state index in [0.717, 1.165) is 5.39 Å². The Morgan fingerprint density at radius 1 is 1.33 bits per heavy atom. The molecule has 18 heavy (non-hydrogen) atoms. The summed E-state index contributed by atoms with van der Waals surface area (Å²) >= 11 is 0. The van der Waals surface area contributed by atoms with Crippen molar-refractivity contribution in [2.75, 3.05) is 7.11 Å². The largest absolute Gasteiger partial charge is 0.497 e. The van der Waals surface area contributed by atoms with Crippen molar-refractivity contribution in [3.8, 4) is 5.75 Å². The predicted octanol–water partition coefficient (Wildman–Crippen LogP) is 3.31. The molecule has 0 spiro atoms. The Bertz CT molecular complexity index is 646. The molecular formula is C15H16O3. The molecule has 0 bridgehead atoms. The first-order valence-electron chi connectivity index (χ1n) is 5.84. The molecule has 1 aromatic carbocycles. The molecule has 0 atom stereocenters. The fourth-order valence-electron chi connectivity index (χ4n) is 1.72. The first kappa shape index (κ1) is 12.4. The number of fused-ring (bicyclic) bond motifs is 1. The van der Waals surface area contributed by atoms with Gasteiger partial charge in [-0.05, 0) is 38.5 Å². The lowest BCUT2D eigenvalue weighted by atomic mass is 10.1. The van der Waals surface area contributed by atoms with E-state index in [1.54, 1.807) is 13.2 Å². The zero-order valence-electron chi connectivity index (χ0n) is 10.8. The topological polar surface area (TPSA) is 39.4 Å². The molecule has 2 aromatic rings. The summed E-state index contributed by atoms with van der Waals surface area (Å²) in [5.41, 5.74) is 2.13. The van der Waals surface area contributed by atoms with Crippen molar-refractivity contribution >= 4 is 11.0 Å². The maximum Gasteiger partial charge on any atom is 0.339 e. The molecule has 1 aromatic heterocycles. The first-order chi connectivity index (χ1) is 8.60. The van der Waals surface area contributed by atoms with Gasteiger partial charge < -0.3 is 9.15 Å². The van der Waals surface area contributed by atoms with E-state index in [4.69, 9.17) is 9.15 Å². The van der Waals surface area contributed by atoms with Crippen LogP contribution in [0.3, 0.4) is 0 Å². The maximum absolute atomic E-state index is 11.8. The van der Waals surface area contributed by atoms with Crippen molar-refractivity contribution in [1.82, 2.24) is 0 Å². The van der Waals surface area contributed by atoms with Gasteiger partial charge in [-0.3, -0.25) is 0 Å². The van der Waals surface area contributed by atoms with E-state index >= 15 is 0 Å². The molecule has 0 saturated heterocycles. The molecular weight excluding hydrogens is 228 g/mol. The highest BCUT2D eigenvalue weighted by Crippen LogP contribution is 2.20. The third-order valence-electron chi connectivity index (χ3n) is 2.75. The Balaban J connectivity index is 2.49. The molecule has 0 fully saturated rings. The average Bonchev–Trinajstić information content (AvgIpc) is 2.35. The SMILES string of the molecule is COc1ccc2cc(CC=C(C)C)c(=O)oc2c1. The number of ether oxygens (including phenoxy) is 1. The number of allylic oxidation sites excluding steroid dienone is 2. The molecule has 0 aliphatic rings. The van der Waals surface area contributed by atoms with Gasteiger partial charge in [0, 0.05) is 17.0 Å². The van der Waals surface area contributed by atoms with Crippen LogP contribution in [0.1, 0.15) is 19.4 Å². The van der Waals surface area contributed by atoms with Gasteiger partial charge in [0.05, 0.1) is 7.11 Å². The number of hydrogen-bond donors (Lipinski definition) is 0. The van der Waals surface area contributed by atoms with Crippen LogP contribution in [0.25, 0.3) is 11.0 Å². The highest BCUT2D eigenvalue weighted by Gasteiger charge is 2.05. The van der Waals surface area contributed by atoms with Crippen molar-refractivity contribution in [3.63, 3.8) is 0 Å². The fraction of sp³-hybridized carbons (Fsp3) is 0.267. The van der Waals surface area contributed by atoms with Crippen LogP contribution in [0, 0.1) is 0 Å². The molecule has 0 unspecified atom stereocenters. The smallest absolute Gasteiger partial charge is 0.339 e. The summed E-state index contributed by atoms with van der Waals surface area (Å²) in [6.07, 6.45) is 2.62. The average molecular weight is 244 g/mol. The second kappa shape index (κ2) is 5.08. The minimum absolute atomic E-state index is 0.284. The van der Waals surface area contributed by atoms with E-state index in [0.29, 0.717) is 23.3 Å². The van der Waals surface area contributed by atoms with E-state index in [9.17, 15) is 4.79 Å². The van der Waals surface area contributed by atoms with Crippen molar-refractivity contribution in [2.24, 2.45) is 0 Å². The van der Waals surface area contributed by atoms with Gasteiger partial charge in [-0.1, -0.05) is 11.6 Å². The van der Waals surface area contributed by atoms with Crippen LogP contribution < -0.4 is 10.4 Å². The molecule has 0 aliphatic carbocycles. The van der Waals surface area contributed by atoms with E-state index < -0.39 is 0 Å². The van der Waals surface area contributed by atoms with Crippen LogP contribution in [0.5, 0.6) is 5.75 Å². The number of benzene rings is 1. The minimum atomic E-state index is -0.284. The van der Waals surface area contributed by atoms with Crippen molar-refractivity contribution in [1.29, 1.82) is 0 Å². The van der Waals surface area contributed by atoms with Crippen molar-refractivity contribution in [3.05, 3.63) is 51.9 Å². The molecule has 0 aliphatic heterocycles. The standard InChI is InChI=1S/C15H16O3/c1-10(2)4-5-12-8-11-6-7-13(17-3)9-14(11)18-15(12)16/h4,6-9H,5H2,1-3H3. The molecule has 3 nitrogen and oxygen atoms in total. The lowest BCUT2D eigenvalue weighted by Crippen LogP contribution is -2.06. The summed E-state index contributed by atoms with van der Waals surface area (Å²) in [6.45, 7) is 4.01. The molecule has 0 amide bonds. The van der Waals surface area contributed by atoms with E-state index in [2.05, 4.69) is 0 Å². The fourth-order valence-corrected chi connectivity index (χ4v) is 1.72. The first-order valence-corrected chi connectivity index (χ1v) is 5.84. The van der Waals surface area contributed by atoms with Gasteiger partial charge in [0.1, 0.15) is 11.3 Å². The van der Waals surface area contributed by atoms with E-state index in [1.807, 2.05) is 38.1 Å². The zero-order chi connectivity index (χ0) is 13.1. The van der Waals surface area contributed by atoms with Crippen LogP contribution in [0.15, 0.2) is 45.1 Å². The Morgan fingerprint density at radius 3 is 2.78 bits per heavy atom. The molecule has 3 heteroatoms. The van der Waals surface area contributed by atoms with E-state index in [-0.39, 0.29) is 5.63 Å². The van der Waals surface area contributed by atoms with Gasteiger partial charge in [0.25, 0.3) is 0 Å². The molecule has 2 rings (SSSR count). The zero-order valence-corrected chi connectivity index (χ0v) is 10.8. The highest BCUT2D eigenvalue weighted by atomic mass is 16.5. The van der Waals surface area contributed by atoms with Crippen LogP contribution in [0.4, 0.5) is 0 Å². The summed E-state index contributed by atoms with van der Waals surface area (Å²) in [5, 5.41) is 0.910. The summed E-state index contributed by atoms with van der Waals surface area (Å²) < 4.78 is 10.4. The van der Waals surface area contributed by atoms with Gasteiger partial charge in [-0.15, -0.1) is 0 Å². The second-order valence-electron chi connectivity index (χ2n) is 4.45. The van der Waals surface area contributed by atoms with Crippen molar-refractivity contribution < 1.29 is 9.15 Å². The molecule has 0 saturated carbocycles. The van der Waals surface area contributed by atoms with Crippen LogP contribution in [0.2, 0.25) is 0 Å². The van der Waals surface area contributed by atoms with E-state index in [1.165, 1.54) is 5.57 Å². The molecule has 0 radical (unpaired) electrons. The van der Waals surface area contributed by atoms with Gasteiger partial charge in [-0.25, -0.2) is 4.79 Å². The quantitative estimate of drug-likeness (QED) is 0.614. The molecule has 1 heterocycles. The Morgan fingerprint density at radius 2 is 2.11 bits per heavy atom. The third kappa shape index (κ3) is 2.62. The van der Waals surface area contributed by atoms with Gasteiger partial charge >= 0.3 is 5.63 Å². The minimum Gasteiger partial charge on any atom is -0.497 e. The third-order valence-corrected chi connectivity index (χ3v) is 2.75. The Hall–Kier alpha value is -2.03. The maximum atomic E-state index is 11.8. The Kier molecular flexibility index (Phi) is 3.51. The lowest BCUT2D eigenvalue weighted by molar-refractivity contribution is 0.414. The number of methoxy groups -OCH3 is 1. The second-order valence-corrected chi connectivity index (χ2v) is 4.45. The summed E-state index contributed by atoms with van der Waals surface area (Å²) in [6, 6.07) is 7.34. The van der Waals surface area contributed by atoms with Crippen LogP contribution in [-0.2, 0) is 6.42 Å². The van der Waals surface area contributed by atoms with Crippen LogP contribution in [-0.4, -0.2) is 7.11 Å². The summed E-state index contributed by atoms with van der Waals surface area (Å²) in [5.74, 6) is 0.683. The summed E-state index contributed by atoms with van der Waals surface area (Å²) in [7, 11) is 1.59. The monoisotopic (exact) mass is 244 g/mol.